The van der Waals surface area contributed by atoms with E-state index in [0.717, 1.165) is 0 Å². The lowest BCUT2D eigenvalue weighted by atomic mass is 10.2. The number of nitrogens with one attached hydrogen (secondary N) is 1. The van der Waals surface area contributed by atoms with Crippen molar-refractivity contribution in [1.29, 1.82) is 0 Å². The second kappa shape index (κ2) is 9.91. The zero-order chi connectivity index (χ0) is 19.7. The Labute approximate surface area is 153 Å². The molecule has 8 nitrogen and oxygen atoms in total. The first-order valence-corrected chi connectivity index (χ1v) is 9.95. The van der Waals surface area contributed by atoms with Crippen molar-refractivity contribution in [3.63, 3.8) is 0 Å². The molecule has 0 saturated carbocycles. The van der Waals surface area contributed by atoms with E-state index in [9.17, 15) is 22.8 Å². The number of hydrogen-bond acceptors (Lipinski definition) is 6. The van der Waals surface area contributed by atoms with Gasteiger partial charge in [-0.25, -0.2) is 13.2 Å². The number of likely N-dealkylation sites (N-methyl/N-ethyl adjacent to an activating group) is 2. The summed E-state index contributed by atoms with van der Waals surface area (Å²) in [5.74, 6) is -1.91. The molecule has 0 heterocycles. The van der Waals surface area contributed by atoms with Crippen LogP contribution in [-0.4, -0.2) is 63.1 Å². The Kier molecular flexibility index (Phi) is 8.24. The number of sulfone groups is 1. The van der Waals surface area contributed by atoms with Gasteiger partial charge < -0.3 is 15.0 Å². The zero-order valence-corrected chi connectivity index (χ0v) is 16.0. The van der Waals surface area contributed by atoms with E-state index in [0.29, 0.717) is 6.54 Å². The van der Waals surface area contributed by atoms with E-state index >= 15 is 0 Å². The third-order valence-electron chi connectivity index (χ3n) is 3.59. The van der Waals surface area contributed by atoms with Crippen molar-refractivity contribution < 1.29 is 27.5 Å². The highest BCUT2D eigenvalue weighted by Crippen LogP contribution is 2.18. The van der Waals surface area contributed by atoms with E-state index in [1.807, 2.05) is 0 Å². The average Bonchev–Trinajstić information content (AvgIpc) is 2.64. The van der Waals surface area contributed by atoms with Crippen molar-refractivity contribution in [2.45, 2.75) is 25.7 Å². The predicted octanol–water partition coefficient (Wildman–Crippen LogP) is 0.622. The Balaban J connectivity index is 2.81. The smallest absolute Gasteiger partial charge is 0.339 e. The van der Waals surface area contributed by atoms with Gasteiger partial charge in [-0.3, -0.25) is 9.59 Å². The van der Waals surface area contributed by atoms with Crippen molar-refractivity contribution in [2.75, 3.05) is 32.0 Å². The Morgan fingerprint density at radius 2 is 1.77 bits per heavy atom. The standard InChI is InChI=1S/C17H24N2O6S/c1-4-18-15(20)11-19(5-2)16(21)12-25-17(22)13-9-7-8-10-14(13)26(23,24)6-3/h7-10H,4-6,11-12H2,1-3H3,(H,18,20). The molecule has 1 N–H and O–H groups in total. The van der Waals surface area contributed by atoms with Gasteiger partial charge in [0.05, 0.1) is 22.8 Å². The summed E-state index contributed by atoms with van der Waals surface area (Å²) in [5, 5.41) is 2.58. The number of rotatable bonds is 9. The number of carbonyl (C=O) groups excluding carboxylic acids is 3. The molecular formula is C17H24N2O6S. The number of amides is 2. The maximum absolute atomic E-state index is 12.2. The minimum Gasteiger partial charge on any atom is -0.452 e. The number of esters is 1. The molecule has 0 spiro atoms. The van der Waals surface area contributed by atoms with E-state index in [1.54, 1.807) is 13.8 Å². The van der Waals surface area contributed by atoms with Gasteiger partial charge in [-0.2, -0.15) is 0 Å². The van der Waals surface area contributed by atoms with Crippen LogP contribution in [0.3, 0.4) is 0 Å². The van der Waals surface area contributed by atoms with Crippen LogP contribution >= 0.6 is 0 Å². The predicted molar refractivity (Wildman–Crippen MR) is 95.4 cm³/mol. The number of carbonyl (C=O) groups is 3. The first-order valence-electron chi connectivity index (χ1n) is 8.30. The second-order valence-electron chi connectivity index (χ2n) is 5.34. The van der Waals surface area contributed by atoms with Crippen LogP contribution in [0, 0.1) is 0 Å². The summed E-state index contributed by atoms with van der Waals surface area (Å²) >= 11 is 0. The molecule has 0 radical (unpaired) electrons. The molecule has 0 unspecified atom stereocenters. The highest BCUT2D eigenvalue weighted by molar-refractivity contribution is 7.91. The van der Waals surface area contributed by atoms with Gasteiger partial charge in [-0.1, -0.05) is 19.1 Å². The zero-order valence-electron chi connectivity index (χ0n) is 15.1. The van der Waals surface area contributed by atoms with Gasteiger partial charge in [-0.05, 0) is 26.0 Å². The molecule has 0 aromatic heterocycles. The quantitative estimate of drug-likeness (QED) is 0.625. The molecule has 0 saturated heterocycles. The van der Waals surface area contributed by atoms with Crippen LogP contribution in [-0.2, 0) is 24.2 Å². The molecule has 0 fully saturated rings. The fourth-order valence-electron chi connectivity index (χ4n) is 2.16. The fourth-order valence-corrected chi connectivity index (χ4v) is 3.24. The van der Waals surface area contributed by atoms with E-state index < -0.39 is 28.3 Å². The van der Waals surface area contributed by atoms with E-state index in [2.05, 4.69) is 5.32 Å². The third-order valence-corrected chi connectivity index (χ3v) is 5.38. The van der Waals surface area contributed by atoms with Crippen molar-refractivity contribution in [2.24, 2.45) is 0 Å². The molecule has 0 bridgehead atoms. The molecule has 0 atom stereocenters. The minimum atomic E-state index is -3.60. The number of ether oxygens (including phenoxy) is 1. The van der Waals surface area contributed by atoms with Crippen LogP contribution in [0.15, 0.2) is 29.2 Å². The van der Waals surface area contributed by atoms with Crippen LogP contribution in [0.4, 0.5) is 0 Å². The normalized spacial score (nSPS) is 10.9. The first kappa shape index (κ1) is 21.6. The van der Waals surface area contributed by atoms with Gasteiger partial charge in [0.15, 0.2) is 16.4 Å². The summed E-state index contributed by atoms with van der Waals surface area (Å²) in [4.78, 5) is 37.1. The number of benzene rings is 1. The maximum Gasteiger partial charge on any atom is 0.339 e. The van der Waals surface area contributed by atoms with Crippen molar-refractivity contribution >= 4 is 27.6 Å². The van der Waals surface area contributed by atoms with E-state index in [1.165, 1.54) is 36.1 Å². The molecule has 144 valence electrons. The molecule has 0 aliphatic heterocycles. The van der Waals surface area contributed by atoms with Crippen LogP contribution in [0.1, 0.15) is 31.1 Å². The minimum absolute atomic E-state index is 0.117. The summed E-state index contributed by atoms with van der Waals surface area (Å²) in [6.45, 7) is 4.94. The fraction of sp³-hybridized carbons (Fsp3) is 0.471. The SMILES string of the molecule is CCNC(=O)CN(CC)C(=O)COC(=O)c1ccccc1S(=O)(=O)CC. The lowest BCUT2D eigenvalue weighted by Gasteiger charge is -2.20. The van der Waals surface area contributed by atoms with Gasteiger partial charge >= 0.3 is 5.97 Å². The second-order valence-corrected chi connectivity index (χ2v) is 7.58. The van der Waals surface area contributed by atoms with Gasteiger partial charge in [0.2, 0.25) is 5.91 Å². The maximum atomic E-state index is 12.2. The molecule has 1 aromatic rings. The highest BCUT2D eigenvalue weighted by atomic mass is 32.2. The van der Waals surface area contributed by atoms with Gasteiger partial charge in [0, 0.05) is 13.1 Å². The van der Waals surface area contributed by atoms with Crippen molar-refractivity contribution in [3.05, 3.63) is 29.8 Å². The molecular weight excluding hydrogens is 360 g/mol. The largest absolute Gasteiger partial charge is 0.452 e. The molecule has 26 heavy (non-hydrogen) atoms. The Hall–Kier alpha value is -2.42. The van der Waals surface area contributed by atoms with Crippen LogP contribution in [0.5, 0.6) is 0 Å². The molecule has 0 aliphatic carbocycles. The molecule has 9 heteroatoms. The summed E-state index contributed by atoms with van der Waals surface area (Å²) < 4.78 is 29.1. The van der Waals surface area contributed by atoms with Gasteiger partial charge in [-0.15, -0.1) is 0 Å². The molecule has 1 rings (SSSR count). The molecule has 2 amide bonds. The summed E-state index contributed by atoms with van der Waals surface area (Å²) in [6.07, 6.45) is 0. The van der Waals surface area contributed by atoms with Gasteiger partial charge in [0.25, 0.3) is 5.91 Å². The Morgan fingerprint density at radius 3 is 2.35 bits per heavy atom. The van der Waals surface area contributed by atoms with Gasteiger partial charge in [0.1, 0.15) is 0 Å². The summed E-state index contributed by atoms with van der Waals surface area (Å²) in [7, 11) is -3.60. The van der Waals surface area contributed by atoms with Crippen LogP contribution < -0.4 is 5.32 Å². The lowest BCUT2D eigenvalue weighted by molar-refractivity contribution is -0.138. The van der Waals surface area contributed by atoms with E-state index in [-0.39, 0.29) is 35.2 Å². The third kappa shape index (κ3) is 5.83. The Bertz CT molecular complexity index is 760. The number of hydrogen-bond donors (Lipinski definition) is 1. The monoisotopic (exact) mass is 384 g/mol. The highest BCUT2D eigenvalue weighted by Gasteiger charge is 2.23. The first-order chi connectivity index (χ1) is 12.3. The Morgan fingerprint density at radius 1 is 1.12 bits per heavy atom. The average molecular weight is 384 g/mol. The van der Waals surface area contributed by atoms with Crippen LogP contribution in [0.2, 0.25) is 0 Å². The van der Waals surface area contributed by atoms with Crippen molar-refractivity contribution in [1.82, 2.24) is 10.2 Å². The van der Waals surface area contributed by atoms with Crippen LogP contribution in [0.25, 0.3) is 0 Å². The molecule has 1 aromatic carbocycles. The lowest BCUT2D eigenvalue weighted by Crippen LogP contribution is -2.42. The summed E-state index contributed by atoms with van der Waals surface area (Å²) in [6, 6.07) is 5.68. The van der Waals surface area contributed by atoms with Crippen molar-refractivity contribution in [3.8, 4) is 0 Å². The molecule has 0 aliphatic rings. The number of nitrogens with zero attached hydrogens (tertiary/aromatic N) is 1. The topological polar surface area (TPSA) is 110 Å². The summed E-state index contributed by atoms with van der Waals surface area (Å²) in [5.41, 5.74) is -0.117. The van der Waals surface area contributed by atoms with E-state index in [4.69, 9.17) is 4.74 Å².